The molecule has 2 aromatic rings. The molecule has 0 amide bonds. The van der Waals surface area contributed by atoms with Gasteiger partial charge in [-0.1, -0.05) is 31.4 Å². The van der Waals surface area contributed by atoms with Gasteiger partial charge in [0.05, 0.1) is 10.6 Å². The molecule has 2 nitrogen and oxygen atoms in total. The molecule has 3 atom stereocenters. The van der Waals surface area contributed by atoms with Crippen molar-refractivity contribution in [3.8, 4) is 0 Å². The second kappa shape index (κ2) is 6.33. The highest BCUT2D eigenvalue weighted by molar-refractivity contribution is 7.16. The molecule has 0 radical (unpaired) electrons. The van der Waals surface area contributed by atoms with Crippen LogP contribution in [0.2, 0.25) is 4.34 Å². The van der Waals surface area contributed by atoms with E-state index < -0.39 is 0 Å². The van der Waals surface area contributed by atoms with Crippen LogP contribution in [-0.4, -0.2) is 6.54 Å². The molecule has 1 aliphatic carbocycles. The predicted octanol–water partition coefficient (Wildman–Crippen LogP) is 5.11. The second-order valence-electron chi connectivity index (χ2n) is 5.67. The van der Waals surface area contributed by atoms with Crippen molar-refractivity contribution in [3.05, 3.63) is 45.5 Å². The van der Waals surface area contributed by atoms with Gasteiger partial charge < -0.3 is 9.73 Å². The molecular formula is C16H20ClNOS. The van der Waals surface area contributed by atoms with Crippen molar-refractivity contribution in [1.29, 1.82) is 0 Å². The van der Waals surface area contributed by atoms with Crippen LogP contribution >= 0.6 is 22.9 Å². The predicted molar refractivity (Wildman–Crippen MR) is 84.4 cm³/mol. The van der Waals surface area contributed by atoms with Gasteiger partial charge in [0, 0.05) is 4.88 Å². The summed E-state index contributed by atoms with van der Waals surface area (Å²) in [5.41, 5.74) is 0. The lowest BCUT2D eigenvalue weighted by Crippen LogP contribution is -2.28. The summed E-state index contributed by atoms with van der Waals surface area (Å²) in [6.45, 7) is 3.41. The summed E-state index contributed by atoms with van der Waals surface area (Å²) in [5.74, 6) is 2.57. The van der Waals surface area contributed by atoms with E-state index in [9.17, 15) is 0 Å². The van der Waals surface area contributed by atoms with Crippen LogP contribution < -0.4 is 5.32 Å². The zero-order chi connectivity index (χ0) is 13.9. The molecule has 108 valence electrons. The average Bonchev–Trinajstić information content (AvgIpc) is 3.14. The first-order chi connectivity index (χ1) is 9.74. The number of thiophene rings is 1. The third-order valence-corrected chi connectivity index (χ3v) is 5.63. The first kappa shape index (κ1) is 14.2. The highest BCUT2D eigenvalue weighted by atomic mass is 35.5. The van der Waals surface area contributed by atoms with E-state index in [4.69, 9.17) is 16.0 Å². The van der Waals surface area contributed by atoms with Gasteiger partial charge in [-0.15, -0.1) is 11.3 Å². The molecule has 0 spiro atoms. The van der Waals surface area contributed by atoms with E-state index in [-0.39, 0.29) is 6.04 Å². The van der Waals surface area contributed by atoms with Crippen LogP contribution in [0.4, 0.5) is 0 Å². The van der Waals surface area contributed by atoms with Crippen LogP contribution in [0.3, 0.4) is 0 Å². The van der Waals surface area contributed by atoms with E-state index >= 15 is 0 Å². The summed E-state index contributed by atoms with van der Waals surface area (Å²) in [4.78, 5) is 1.22. The van der Waals surface area contributed by atoms with Gasteiger partial charge in [0.1, 0.15) is 11.8 Å². The van der Waals surface area contributed by atoms with Crippen molar-refractivity contribution in [2.24, 2.45) is 11.8 Å². The molecule has 2 heterocycles. The summed E-state index contributed by atoms with van der Waals surface area (Å²) >= 11 is 7.70. The smallest absolute Gasteiger partial charge is 0.126 e. The van der Waals surface area contributed by atoms with Crippen molar-refractivity contribution >= 4 is 22.9 Å². The standard InChI is InChI=1S/C16H20ClNOS/c1-11-4-2-5-12(11)10-18-16(13-6-3-9-19-13)14-7-8-15(17)20-14/h3,6-9,11-12,16,18H,2,4-5,10H2,1H3. The minimum absolute atomic E-state index is 0.121. The number of hydrogen-bond donors (Lipinski definition) is 1. The molecule has 3 unspecified atom stereocenters. The Morgan fingerprint density at radius 2 is 2.30 bits per heavy atom. The van der Waals surface area contributed by atoms with Gasteiger partial charge >= 0.3 is 0 Å². The van der Waals surface area contributed by atoms with Gasteiger partial charge in [0.2, 0.25) is 0 Å². The molecule has 4 heteroatoms. The molecule has 1 saturated carbocycles. The number of nitrogens with one attached hydrogen (secondary N) is 1. The summed E-state index contributed by atoms with van der Waals surface area (Å²) in [6.07, 6.45) is 5.80. The van der Waals surface area contributed by atoms with Gasteiger partial charge in [0.15, 0.2) is 0 Å². The van der Waals surface area contributed by atoms with E-state index in [1.807, 2.05) is 18.2 Å². The second-order valence-corrected chi connectivity index (χ2v) is 7.41. The number of hydrogen-bond acceptors (Lipinski definition) is 3. The molecule has 0 aromatic carbocycles. The summed E-state index contributed by atoms with van der Waals surface area (Å²) in [6, 6.07) is 8.14. The van der Waals surface area contributed by atoms with Crippen LogP contribution in [0.5, 0.6) is 0 Å². The van der Waals surface area contributed by atoms with Crippen molar-refractivity contribution in [2.75, 3.05) is 6.54 Å². The molecular weight excluding hydrogens is 290 g/mol. The van der Waals surface area contributed by atoms with E-state index in [0.29, 0.717) is 0 Å². The van der Waals surface area contributed by atoms with Gasteiger partial charge in [-0.05, 0) is 49.1 Å². The van der Waals surface area contributed by atoms with Crippen LogP contribution in [-0.2, 0) is 0 Å². The highest BCUT2D eigenvalue weighted by Crippen LogP contribution is 2.34. The van der Waals surface area contributed by atoms with E-state index in [0.717, 1.165) is 28.5 Å². The van der Waals surface area contributed by atoms with Gasteiger partial charge in [0.25, 0.3) is 0 Å². The van der Waals surface area contributed by atoms with E-state index in [1.165, 1.54) is 24.1 Å². The molecule has 0 aliphatic heterocycles. The first-order valence-electron chi connectivity index (χ1n) is 7.26. The third-order valence-electron chi connectivity index (χ3n) is 4.33. The Morgan fingerprint density at radius 1 is 1.40 bits per heavy atom. The quantitative estimate of drug-likeness (QED) is 0.830. The number of furan rings is 1. The molecule has 0 bridgehead atoms. The van der Waals surface area contributed by atoms with Crippen molar-refractivity contribution < 1.29 is 4.42 Å². The fourth-order valence-electron chi connectivity index (χ4n) is 3.08. The summed E-state index contributed by atoms with van der Waals surface area (Å²) in [7, 11) is 0. The molecule has 1 N–H and O–H groups in total. The lowest BCUT2D eigenvalue weighted by atomic mass is 9.97. The topological polar surface area (TPSA) is 25.2 Å². The third kappa shape index (κ3) is 3.11. The molecule has 20 heavy (non-hydrogen) atoms. The fourth-order valence-corrected chi connectivity index (χ4v) is 4.22. The molecule has 2 aromatic heterocycles. The number of rotatable bonds is 5. The van der Waals surface area contributed by atoms with Gasteiger partial charge in [-0.3, -0.25) is 0 Å². The number of halogens is 1. The Morgan fingerprint density at radius 3 is 2.90 bits per heavy atom. The lowest BCUT2D eigenvalue weighted by molar-refractivity contribution is 0.363. The summed E-state index contributed by atoms with van der Waals surface area (Å²) < 4.78 is 6.43. The van der Waals surface area contributed by atoms with Crippen molar-refractivity contribution in [1.82, 2.24) is 5.32 Å². The fraction of sp³-hybridized carbons (Fsp3) is 0.500. The maximum atomic E-state index is 6.08. The summed E-state index contributed by atoms with van der Waals surface area (Å²) in [5, 5.41) is 3.68. The Balaban J connectivity index is 1.73. The Labute approximate surface area is 129 Å². The van der Waals surface area contributed by atoms with Crippen LogP contribution in [0.15, 0.2) is 34.9 Å². The van der Waals surface area contributed by atoms with Crippen molar-refractivity contribution in [2.45, 2.75) is 32.2 Å². The first-order valence-corrected chi connectivity index (χ1v) is 8.45. The van der Waals surface area contributed by atoms with E-state index in [2.05, 4.69) is 18.3 Å². The maximum absolute atomic E-state index is 6.08. The van der Waals surface area contributed by atoms with Gasteiger partial charge in [-0.25, -0.2) is 0 Å². The monoisotopic (exact) mass is 309 g/mol. The molecule has 1 aliphatic rings. The van der Waals surface area contributed by atoms with Gasteiger partial charge in [-0.2, -0.15) is 0 Å². The Bertz CT molecular complexity index is 536. The lowest BCUT2D eigenvalue weighted by Gasteiger charge is -2.21. The molecule has 0 saturated heterocycles. The van der Waals surface area contributed by atoms with Crippen LogP contribution in [0.25, 0.3) is 0 Å². The molecule has 1 fully saturated rings. The van der Waals surface area contributed by atoms with E-state index in [1.54, 1.807) is 17.6 Å². The van der Waals surface area contributed by atoms with Crippen LogP contribution in [0, 0.1) is 11.8 Å². The minimum atomic E-state index is 0.121. The largest absolute Gasteiger partial charge is 0.467 e. The Hall–Kier alpha value is -0.770. The van der Waals surface area contributed by atoms with Crippen molar-refractivity contribution in [3.63, 3.8) is 0 Å². The minimum Gasteiger partial charge on any atom is -0.467 e. The normalized spacial score (nSPS) is 24.1. The van der Waals surface area contributed by atoms with Crippen LogP contribution in [0.1, 0.15) is 42.9 Å². The Kier molecular flexibility index (Phi) is 4.49. The SMILES string of the molecule is CC1CCCC1CNC(c1ccco1)c1ccc(Cl)s1. The maximum Gasteiger partial charge on any atom is 0.126 e. The zero-order valence-corrected chi connectivity index (χ0v) is 13.2. The zero-order valence-electron chi connectivity index (χ0n) is 11.6. The highest BCUT2D eigenvalue weighted by Gasteiger charge is 2.25. The molecule has 3 rings (SSSR count). The average molecular weight is 310 g/mol.